The van der Waals surface area contributed by atoms with Crippen molar-refractivity contribution >= 4 is 59.9 Å². The number of fused-ring (bicyclic) bond motifs is 9. The Bertz CT molecular complexity index is 4100. The van der Waals surface area contributed by atoms with Crippen LogP contribution < -0.4 is 9.47 Å². The summed E-state index contributed by atoms with van der Waals surface area (Å²) in [6.45, 7) is 56.6. The van der Waals surface area contributed by atoms with Crippen LogP contribution in [0.4, 0.5) is 0 Å². The maximum atomic E-state index is 8.23. The second kappa shape index (κ2) is 24.1. The van der Waals surface area contributed by atoms with Crippen LogP contribution in [0.3, 0.4) is 0 Å². The minimum absolute atomic E-state index is 0.183. The highest BCUT2D eigenvalue weighted by Gasteiger charge is 2.37. The fourth-order valence-corrected chi connectivity index (χ4v) is 16.4. The lowest BCUT2D eigenvalue weighted by Gasteiger charge is -2.27. The van der Waals surface area contributed by atoms with Crippen molar-refractivity contribution in [3.8, 4) is 55.5 Å². The van der Waals surface area contributed by atoms with Crippen molar-refractivity contribution in [2.24, 2.45) is 0 Å². The molecule has 0 aliphatic carbocycles. The highest BCUT2D eigenvalue weighted by molar-refractivity contribution is 7.47. The average molecular weight is 1280 g/mol. The predicted octanol–water partition coefficient (Wildman–Crippen LogP) is 27.2. The van der Waals surface area contributed by atoms with Gasteiger partial charge in [0, 0.05) is 66.1 Å². The van der Waals surface area contributed by atoms with E-state index in [0.717, 1.165) is 129 Å². The minimum Gasteiger partial charge on any atom is -0.493 e. The van der Waals surface area contributed by atoms with Crippen LogP contribution in [-0.4, -0.2) is 13.2 Å². The maximum absolute atomic E-state index is 8.23. The molecule has 0 saturated carbocycles. The van der Waals surface area contributed by atoms with E-state index in [4.69, 9.17) is 26.3 Å². The number of rotatable bonds is 4. The molecule has 0 N–H and O–H groups in total. The molecule has 0 amide bonds. The average Bonchev–Trinajstić information content (AvgIpc) is 1.71. The van der Waals surface area contributed by atoms with E-state index in [9.17, 15) is 0 Å². The molecule has 8 heteroatoms. The van der Waals surface area contributed by atoms with Gasteiger partial charge >= 0.3 is 0 Å². The van der Waals surface area contributed by atoms with Crippen molar-refractivity contribution in [3.63, 3.8) is 0 Å². The van der Waals surface area contributed by atoms with Crippen LogP contribution >= 0.6 is 16.0 Å². The van der Waals surface area contributed by atoms with E-state index in [-0.39, 0.29) is 43.3 Å². The summed E-state index contributed by atoms with van der Waals surface area (Å²) >= 11 is 0. The third-order valence-corrected chi connectivity index (χ3v) is 21.7. The maximum Gasteiger partial charge on any atom is 0.254 e. The van der Waals surface area contributed by atoms with Crippen molar-refractivity contribution in [3.05, 3.63) is 178 Å². The standard InChI is InChI=1S/C85H104O6P2/c1-78(2,3)54-44-60-61-45-55(79(4,5)6)49-65(83(16,17)18)73(61)89-92(88-72(60)64(48-54)82(13,14)15)76-58(52-34-28-25-29-35-52)38-40-68-70(76)71-69(87-43-33-27-32-42-86-68)41-39-59(53-36-30-26-31-37-53)77(71)93-90-74-62(46-56(80(7,8)9)50-66(74)84(19,20)21)63-47-57(81(10,11)12)51-67(75(63)91-93)85(22,23)24/h25-26,28-31,34-41,44-51H,27,32-33,42-43H2,1-24H3. The topological polar surface area (TPSA) is 71.0 Å². The van der Waals surface area contributed by atoms with E-state index in [1.54, 1.807) is 0 Å². The van der Waals surface area contributed by atoms with Crippen LogP contribution in [0.5, 0.6) is 11.5 Å². The molecular formula is C85H104O6P2. The second-order valence-corrected chi connectivity index (χ2v) is 37.3. The number of ether oxygens (including phenoxy) is 2. The van der Waals surface area contributed by atoms with Crippen LogP contribution in [0, 0.1) is 0 Å². The fourth-order valence-electron chi connectivity index (χ4n) is 12.9. The smallest absolute Gasteiger partial charge is 0.254 e. The van der Waals surface area contributed by atoms with E-state index in [1.807, 2.05) is 0 Å². The van der Waals surface area contributed by atoms with Crippen molar-refractivity contribution in [2.45, 2.75) is 229 Å². The van der Waals surface area contributed by atoms with Crippen molar-refractivity contribution < 1.29 is 26.3 Å². The first kappa shape index (κ1) is 67.6. The normalized spacial score (nSPS) is 14.2. The molecule has 0 atom stereocenters. The molecule has 6 nitrogen and oxygen atoms in total. The lowest BCUT2D eigenvalue weighted by atomic mass is 9.77. The van der Waals surface area contributed by atoms with Gasteiger partial charge < -0.3 is 26.3 Å². The van der Waals surface area contributed by atoms with Crippen molar-refractivity contribution in [1.82, 2.24) is 0 Å². The van der Waals surface area contributed by atoms with E-state index in [0.29, 0.717) is 24.7 Å². The zero-order valence-electron chi connectivity index (χ0n) is 60.6. The van der Waals surface area contributed by atoms with Gasteiger partial charge in [-0.2, -0.15) is 0 Å². The summed E-state index contributed by atoms with van der Waals surface area (Å²) in [6, 6.07) is 49.7. The Kier molecular flexibility index (Phi) is 17.5. The van der Waals surface area contributed by atoms with Gasteiger partial charge in [0.05, 0.1) is 23.8 Å². The Labute approximate surface area is 558 Å². The molecule has 3 heterocycles. The summed E-state index contributed by atoms with van der Waals surface area (Å²) in [5.41, 5.74) is 16.3. The lowest BCUT2D eigenvalue weighted by Crippen LogP contribution is -2.17. The third kappa shape index (κ3) is 13.5. The summed E-state index contributed by atoms with van der Waals surface area (Å²) < 4.78 is 47.8. The lowest BCUT2D eigenvalue weighted by molar-refractivity contribution is 0.284. The molecule has 0 radical (unpaired) electrons. The first-order chi connectivity index (χ1) is 43.2. The first-order valence-electron chi connectivity index (χ1n) is 34.0. The molecule has 490 valence electrons. The van der Waals surface area contributed by atoms with Gasteiger partial charge in [-0.25, -0.2) is 0 Å². The second-order valence-electron chi connectivity index (χ2n) is 34.6. The Balaban J connectivity index is 1.48. The molecule has 0 bridgehead atoms. The van der Waals surface area contributed by atoms with Crippen molar-refractivity contribution in [1.29, 1.82) is 0 Å². The Hall–Kier alpha value is -6.84. The van der Waals surface area contributed by atoms with Gasteiger partial charge in [-0.1, -0.05) is 251 Å². The Morgan fingerprint density at radius 1 is 0.280 bits per heavy atom. The Morgan fingerprint density at radius 3 is 0.774 bits per heavy atom. The predicted molar refractivity (Wildman–Crippen MR) is 400 cm³/mol. The molecule has 1 aliphatic rings. The molecule has 0 fully saturated rings. The molecule has 2 aromatic heterocycles. The number of benzene rings is 8. The molecule has 0 spiro atoms. The highest BCUT2D eigenvalue weighted by Crippen LogP contribution is 2.63. The van der Waals surface area contributed by atoms with E-state index in [1.165, 1.54) is 22.3 Å². The summed E-state index contributed by atoms with van der Waals surface area (Å²) in [4.78, 5) is 0. The van der Waals surface area contributed by atoms with Gasteiger partial charge in [0.1, 0.15) is 33.8 Å². The van der Waals surface area contributed by atoms with Crippen LogP contribution in [0.1, 0.15) is 230 Å². The summed E-state index contributed by atoms with van der Waals surface area (Å²) in [6.07, 6.45) is 2.63. The first-order valence-corrected chi connectivity index (χ1v) is 36.3. The van der Waals surface area contributed by atoms with Gasteiger partial charge in [-0.05, 0) is 144 Å². The summed E-state index contributed by atoms with van der Waals surface area (Å²) in [5.74, 6) is 1.42. The number of hydrogen-bond acceptors (Lipinski definition) is 6. The molecular weight excluding hydrogens is 1180 g/mol. The quantitative estimate of drug-likeness (QED) is 0.175. The van der Waals surface area contributed by atoms with E-state index in [2.05, 4.69) is 300 Å². The highest BCUT2D eigenvalue weighted by atomic mass is 31.1. The number of hydrogen-bond donors (Lipinski definition) is 0. The molecule has 8 aromatic carbocycles. The van der Waals surface area contributed by atoms with Crippen LogP contribution in [0.2, 0.25) is 0 Å². The summed E-state index contributed by atoms with van der Waals surface area (Å²) in [7, 11) is -4.32. The Morgan fingerprint density at radius 2 is 0.538 bits per heavy atom. The fraction of sp³-hybridized carbons (Fsp3) is 0.435. The van der Waals surface area contributed by atoms with Gasteiger partial charge in [0.15, 0.2) is 0 Å². The van der Waals surface area contributed by atoms with Gasteiger partial charge in [0.2, 0.25) is 0 Å². The molecule has 0 unspecified atom stereocenters. The molecule has 1 aliphatic heterocycles. The molecule has 0 saturated heterocycles. The molecule has 11 rings (SSSR count). The van der Waals surface area contributed by atoms with Gasteiger partial charge in [0.25, 0.3) is 16.0 Å². The van der Waals surface area contributed by atoms with E-state index < -0.39 is 16.0 Å². The molecule has 93 heavy (non-hydrogen) atoms. The van der Waals surface area contributed by atoms with Crippen LogP contribution in [-0.2, 0) is 43.3 Å². The van der Waals surface area contributed by atoms with E-state index >= 15 is 0 Å². The largest absolute Gasteiger partial charge is 0.493 e. The zero-order valence-corrected chi connectivity index (χ0v) is 62.4. The third-order valence-electron chi connectivity index (χ3n) is 18.7. The summed E-state index contributed by atoms with van der Waals surface area (Å²) in [5, 5.41) is 5.91. The van der Waals surface area contributed by atoms with Gasteiger partial charge in [-0.3, -0.25) is 0 Å². The van der Waals surface area contributed by atoms with Gasteiger partial charge in [-0.15, -0.1) is 0 Å². The SMILES string of the molecule is CC(C)(C)c1cc(C(C)(C)C)c2op(-c3c(-c4ccccc4)ccc4c3-c3c(ccc(-c5ccccc5)c3-p3oc5c(C(C)(C)C)cc(C(C)(C)C)cc5c5cc(C(C)(C)C)cc(C(C)(C)C)c5o3)OCCCCCO4)oc3c(C(C)(C)C)cc(C(C)(C)C)cc3c2c1. The monoisotopic (exact) mass is 1280 g/mol. The molecule has 10 aromatic rings. The van der Waals surface area contributed by atoms with Crippen molar-refractivity contribution in [2.75, 3.05) is 13.2 Å². The van der Waals surface area contributed by atoms with Crippen LogP contribution in [0.15, 0.2) is 150 Å². The minimum atomic E-state index is -2.16. The van der Waals surface area contributed by atoms with Crippen LogP contribution in [0.25, 0.3) is 87.9 Å². The zero-order chi connectivity index (χ0) is 67.5.